The second-order valence-electron chi connectivity index (χ2n) is 5.54. The van der Waals surface area contributed by atoms with Crippen LogP contribution in [0.5, 0.6) is 0 Å². The molecule has 0 aromatic heterocycles. The van der Waals surface area contributed by atoms with E-state index in [9.17, 15) is 9.59 Å². The number of hydrogen-bond acceptors (Lipinski definition) is 3. The first-order valence-corrected chi connectivity index (χ1v) is 8.09. The number of rotatable bonds is 3. The topological polar surface area (TPSA) is 46.2 Å². The van der Waals surface area contributed by atoms with E-state index in [0.29, 0.717) is 5.56 Å². The number of thioether (sulfide) groups is 1. The fraction of sp³-hybridized carbons (Fsp3) is 0.222. The summed E-state index contributed by atoms with van der Waals surface area (Å²) in [6.07, 6.45) is 0.762. The Labute approximate surface area is 134 Å². The number of nitrogens with one attached hydrogen (secondary N) is 1. The van der Waals surface area contributed by atoms with Crippen molar-refractivity contribution in [2.75, 3.05) is 5.32 Å². The third kappa shape index (κ3) is 3.07. The molecule has 22 heavy (non-hydrogen) atoms. The molecule has 1 N–H and O–H groups in total. The van der Waals surface area contributed by atoms with Crippen LogP contribution in [0.15, 0.2) is 47.4 Å². The summed E-state index contributed by atoms with van der Waals surface area (Å²) in [6, 6.07) is 13.3. The number of amides is 1. The maximum absolute atomic E-state index is 12.4. The van der Waals surface area contributed by atoms with Gasteiger partial charge in [-0.2, -0.15) is 0 Å². The lowest BCUT2D eigenvalue weighted by molar-refractivity contribution is -0.115. The molecule has 0 saturated heterocycles. The predicted molar refractivity (Wildman–Crippen MR) is 89.6 cm³/mol. The molecule has 0 spiro atoms. The van der Waals surface area contributed by atoms with E-state index in [4.69, 9.17) is 0 Å². The molecule has 2 aromatic carbocycles. The molecule has 2 aromatic rings. The zero-order valence-corrected chi connectivity index (χ0v) is 13.4. The van der Waals surface area contributed by atoms with E-state index in [0.717, 1.165) is 12.1 Å². The average Bonchev–Trinajstić information content (AvgIpc) is 2.91. The fourth-order valence-corrected chi connectivity index (χ4v) is 3.78. The van der Waals surface area contributed by atoms with Gasteiger partial charge in [-0.3, -0.25) is 9.59 Å². The van der Waals surface area contributed by atoms with Gasteiger partial charge in [-0.15, -0.1) is 11.8 Å². The molecule has 0 fully saturated rings. The van der Waals surface area contributed by atoms with Crippen molar-refractivity contribution in [1.82, 2.24) is 0 Å². The Hall–Kier alpha value is -2.07. The van der Waals surface area contributed by atoms with Crippen LogP contribution in [0.1, 0.15) is 28.4 Å². The first-order valence-electron chi connectivity index (χ1n) is 7.21. The minimum Gasteiger partial charge on any atom is -0.325 e. The fourth-order valence-electron chi connectivity index (χ4n) is 2.49. The molecule has 1 heterocycles. The van der Waals surface area contributed by atoms with Gasteiger partial charge in [0.15, 0.2) is 5.78 Å². The normalized spacial score (nSPS) is 16.2. The molecule has 0 unspecified atom stereocenters. The summed E-state index contributed by atoms with van der Waals surface area (Å²) in [6.45, 7) is 3.59. The van der Waals surface area contributed by atoms with Gasteiger partial charge < -0.3 is 5.32 Å². The van der Waals surface area contributed by atoms with Crippen molar-refractivity contribution >= 4 is 29.1 Å². The number of benzene rings is 2. The van der Waals surface area contributed by atoms with Crippen LogP contribution in [0, 0.1) is 6.92 Å². The summed E-state index contributed by atoms with van der Waals surface area (Å²) in [5.41, 5.74) is 3.83. The number of anilines is 1. The Bertz CT molecular complexity index is 737. The Morgan fingerprint density at radius 2 is 1.86 bits per heavy atom. The summed E-state index contributed by atoms with van der Waals surface area (Å²) in [4.78, 5) is 24.8. The van der Waals surface area contributed by atoms with Gasteiger partial charge in [0.2, 0.25) is 5.91 Å². The lowest BCUT2D eigenvalue weighted by Crippen LogP contribution is -2.24. The van der Waals surface area contributed by atoms with Crippen molar-refractivity contribution in [3.8, 4) is 0 Å². The summed E-state index contributed by atoms with van der Waals surface area (Å²) < 4.78 is 0. The highest BCUT2D eigenvalue weighted by Crippen LogP contribution is 2.38. The second-order valence-corrected chi connectivity index (χ2v) is 6.79. The highest BCUT2D eigenvalue weighted by Gasteiger charge is 2.28. The molecule has 1 aliphatic rings. The number of carbonyl (C=O) groups excluding carboxylic acids is 2. The monoisotopic (exact) mass is 311 g/mol. The van der Waals surface area contributed by atoms with Crippen molar-refractivity contribution in [3.63, 3.8) is 0 Å². The molecule has 1 amide bonds. The summed E-state index contributed by atoms with van der Waals surface area (Å²) in [5.74, 6) is 0.0319. The Morgan fingerprint density at radius 3 is 2.55 bits per heavy atom. The smallest absolute Gasteiger partial charge is 0.238 e. The first-order chi connectivity index (χ1) is 10.5. The van der Waals surface area contributed by atoms with E-state index in [1.807, 2.05) is 0 Å². The summed E-state index contributed by atoms with van der Waals surface area (Å²) in [5, 5.41) is 2.84. The van der Waals surface area contributed by atoms with Crippen molar-refractivity contribution in [2.45, 2.75) is 30.4 Å². The van der Waals surface area contributed by atoms with Gasteiger partial charge in [-0.1, -0.05) is 17.7 Å². The van der Waals surface area contributed by atoms with Crippen molar-refractivity contribution in [2.24, 2.45) is 0 Å². The van der Waals surface area contributed by atoms with Gasteiger partial charge in [0.25, 0.3) is 0 Å². The molecule has 0 saturated carbocycles. The highest BCUT2D eigenvalue weighted by atomic mass is 32.2. The summed E-state index contributed by atoms with van der Waals surface area (Å²) >= 11 is 1.62. The number of carbonyl (C=O) groups is 2. The molecule has 112 valence electrons. The number of ketones is 1. The van der Waals surface area contributed by atoms with Crippen LogP contribution in [0.4, 0.5) is 5.69 Å². The molecular weight excluding hydrogens is 294 g/mol. The molecule has 0 aliphatic carbocycles. The van der Waals surface area contributed by atoms with Gasteiger partial charge in [0.1, 0.15) is 0 Å². The van der Waals surface area contributed by atoms with E-state index in [2.05, 4.69) is 30.4 Å². The van der Waals surface area contributed by atoms with Gasteiger partial charge >= 0.3 is 0 Å². The Kier molecular flexibility index (Phi) is 4.03. The van der Waals surface area contributed by atoms with Gasteiger partial charge in [-0.05, 0) is 56.2 Å². The molecule has 1 aliphatic heterocycles. The van der Waals surface area contributed by atoms with Crippen LogP contribution >= 0.6 is 11.8 Å². The third-order valence-corrected chi connectivity index (χ3v) is 5.05. The number of hydrogen-bond donors (Lipinski definition) is 1. The number of Topliss-reactive ketones (excluding diaryl/α,β-unsaturated/α-hetero) is 1. The van der Waals surface area contributed by atoms with Crippen molar-refractivity contribution < 1.29 is 9.59 Å². The standard InChI is InChI=1S/C18H17NO2S/c1-11-3-4-14-10-17(22-16(14)9-11)18(21)19-15-7-5-13(6-8-15)12(2)20/h3-9,17H,10H2,1-2H3,(H,19,21)/t17-/m0/s1. The van der Waals surface area contributed by atoms with Crippen LogP contribution < -0.4 is 5.32 Å². The molecule has 4 heteroatoms. The number of aryl methyl sites for hydroxylation is 1. The van der Waals surface area contributed by atoms with E-state index < -0.39 is 0 Å². The molecule has 0 radical (unpaired) electrons. The third-order valence-electron chi connectivity index (χ3n) is 3.75. The molecule has 3 nitrogen and oxygen atoms in total. The molecular formula is C18H17NO2S. The highest BCUT2D eigenvalue weighted by molar-refractivity contribution is 8.01. The van der Waals surface area contributed by atoms with Crippen LogP contribution in [-0.4, -0.2) is 16.9 Å². The first kappa shape index (κ1) is 14.9. The van der Waals surface area contributed by atoms with E-state index >= 15 is 0 Å². The number of fused-ring (bicyclic) bond motifs is 1. The lowest BCUT2D eigenvalue weighted by Gasteiger charge is -2.10. The van der Waals surface area contributed by atoms with Crippen LogP contribution in [0.25, 0.3) is 0 Å². The minimum atomic E-state index is -0.0933. The Morgan fingerprint density at radius 1 is 1.14 bits per heavy atom. The SMILES string of the molecule is CC(=O)c1ccc(NC(=O)[C@@H]2Cc3ccc(C)cc3S2)cc1. The summed E-state index contributed by atoms with van der Waals surface area (Å²) in [7, 11) is 0. The maximum Gasteiger partial charge on any atom is 0.238 e. The lowest BCUT2D eigenvalue weighted by atomic mass is 10.1. The van der Waals surface area contributed by atoms with Crippen LogP contribution in [0.3, 0.4) is 0 Å². The molecule has 0 bridgehead atoms. The molecule has 3 rings (SSSR count). The second kappa shape index (κ2) is 5.97. The average molecular weight is 311 g/mol. The van der Waals surface area contributed by atoms with E-state index in [1.54, 1.807) is 36.0 Å². The van der Waals surface area contributed by atoms with Gasteiger partial charge in [-0.25, -0.2) is 0 Å². The van der Waals surface area contributed by atoms with Crippen LogP contribution in [-0.2, 0) is 11.2 Å². The van der Waals surface area contributed by atoms with Crippen LogP contribution in [0.2, 0.25) is 0 Å². The largest absolute Gasteiger partial charge is 0.325 e. The van der Waals surface area contributed by atoms with Gasteiger partial charge in [0.05, 0.1) is 5.25 Å². The minimum absolute atomic E-state index is 0.00873. The zero-order valence-electron chi connectivity index (χ0n) is 12.6. The van der Waals surface area contributed by atoms with Crippen molar-refractivity contribution in [1.29, 1.82) is 0 Å². The van der Waals surface area contributed by atoms with E-state index in [1.165, 1.54) is 22.9 Å². The predicted octanol–water partition coefficient (Wildman–Crippen LogP) is 3.85. The Balaban J connectivity index is 1.67. The van der Waals surface area contributed by atoms with Crippen molar-refractivity contribution in [3.05, 3.63) is 59.2 Å². The maximum atomic E-state index is 12.4. The van der Waals surface area contributed by atoms with E-state index in [-0.39, 0.29) is 16.9 Å². The zero-order chi connectivity index (χ0) is 15.7. The van der Waals surface area contributed by atoms with Gasteiger partial charge in [0, 0.05) is 16.1 Å². The quantitative estimate of drug-likeness (QED) is 0.876. The molecule has 1 atom stereocenters.